The Labute approximate surface area is 155 Å². The van der Waals surface area contributed by atoms with Gasteiger partial charge in [-0.2, -0.15) is 10.4 Å². The van der Waals surface area contributed by atoms with Crippen LogP contribution in [-0.2, 0) is 13.1 Å². The molecule has 2 aromatic rings. The minimum Gasteiger partial charge on any atom is -0.310 e. The summed E-state index contributed by atoms with van der Waals surface area (Å²) in [5, 5.41) is 17.3. The minimum atomic E-state index is 0.488. The van der Waals surface area contributed by atoms with E-state index < -0.39 is 0 Å². The largest absolute Gasteiger partial charge is 0.310 e. The lowest BCUT2D eigenvalue weighted by Crippen LogP contribution is -2.43. The Balaban J connectivity index is 1.41. The molecule has 5 heteroatoms. The maximum atomic E-state index is 8.85. The van der Waals surface area contributed by atoms with Gasteiger partial charge < -0.3 is 10.2 Å². The summed E-state index contributed by atoms with van der Waals surface area (Å²) in [5.41, 5.74) is 3.40. The van der Waals surface area contributed by atoms with E-state index in [-0.39, 0.29) is 0 Å². The average Bonchev–Trinajstić information content (AvgIpc) is 3.46. The van der Waals surface area contributed by atoms with E-state index in [4.69, 9.17) is 10.4 Å². The van der Waals surface area contributed by atoms with Crippen LogP contribution in [0.1, 0.15) is 37.7 Å². The lowest BCUT2D eigenvalue weighted by molar-refractivity contribution is 0.189. The van der Waals surface area contributed by atoms with Gasteiger partial charge in [0, 0.05) is 36.0 Å². The number of nitriles is 1. The van der Waals surface area contributed by atoms with Crippen LogP contribution in [0.25, 0.3) is 11.3 Å². The van der Waals surface area contributed by atoms with Crippen LogP contribution < -0.4 is 5.32 Å². The average molecular weight is 349 g/mol. The molecule has 1 aromatic carbocycles. The highest BCUT2D eigenvalue weighted by molar-refractivity contribution is 5.62. The van der Waals surface area contributed by atoms with Crippen molar-refractivity contribution in [1.82, 2.24) is 20.0 Å². The second-order valence-electron chi connectivity index (χ2n) is 7.46. The van der Waals surface area contributed by atoms with Gasteiger partial charge in [0.1, 0.15) is 0 Å². The molecule has 0 bridgehead atoms. The fourth-order valence-electron chi connectivity index (χ4n) is 3.87. The lowest BCUT2D eigenvalue weighted by atomic mass is 10.0. The number of hydrogen-bond donors (Lipinski definition) is 1. The highest BCUT2D eigenvalue weighted by Crippen LogP contribution is 2.29. The number of aromatic nitrogens is 2. The van der Waals surface area contributed by atoms with Gasteiger partial charge in [0.25, 0.3) is 0 Å². The maximum absolute atomic E-state index is 8.85. The number of piperidine rings is 1. The third-order valence-electron chi connectivity index (χ3n) is 5.51. The van der Waals surface area contributed by atoms with Gasteiger partial charge in [0.05, 0.1) is 24.7 Å². The highest BCUT2D eigenvalue weighted by atomic mass is 15.3. The summed E-state index contributed by atoms with van der Waals surface area (Å²) in [7, 11) is 0. The second-order valence-corrected chi connectivity index (χ2v) is 7.46. The van der Waals surface area contributed by atoms with Crippen LogP contribution in [0, 0.1) is 11.3 Å². The van der Waals surface area contributed by atoms with Crippen molar-refractivity contribution >= 4 is 0 Å². The molecule has 0 radical (unpaired) electrons. The summed E-state index contributed by atoms with van der Waals surface area (Å²) < 4.78 is 1.91. The summed E-state index contributed by atoms with van der Waals surface area (Å²) in [6, 6.07) is 14.0. The number of aryl methyl sites for hydroxylation is 1. The maximum Gasteiger partial charge on any atom is 0.0968 e. The van der Waals surface area contributed by atoms with Crippen LogP contribution in [0.15, 0.2) is 36.5 Å². The Hall–Kier alpha value is -2.16. The van der Waals surface area contributed by atoms with Gasteiger partial charge in [0.15, 0.2) is 0 Å². The zero-order valence-corrected chi connectivity index (χ0v) is 15.3. The van der Waals surface area contributed by atoms with E-state index in [1.807, 2.05) is 10.7 Å². The van der Waals surface area contributed by atoms with Crippen molar-refractivity contribution in [3.63, 3.8) is 0 Å². The monoisotopic (exact) mass is 349 g/mol. The van der Waals surface area contributed by atoms with Crippen LogP contribution in [-0.4, -0.2) is 39.9 Å². The third-order valence-corrected chi connectivity index (χ3v) is 5.51. The number of likely N-dealkylation sites (tertiary alicyclic amines) is 1. The summed E-state index contributed by atoms with van der Waals surface area (Å²) in [6.07, 6.45) is 7.87. The molecule has 2 heterocycles. The van der Waals surface area contributed by atoms with Gasteiger partial charge in [-0.05, 0) is 38.8 Å². The third kappa shape index (κ3) is 4.14. The van der Waals surface area contributed by atoms with Crippen molar-refractivity contribution < 1.29 is 0 Å². The molecular weight excluding hydrogens is 322 g/mol. The predicted molar refractivity (Wildman–Crippen MR) is 102 cm³/mol. The first-order valence-electron chi connectivity index (χ1n) is 9.79. The topological polar surface area (TPSA) is 56.9 Å². The molecule has 1 aliphatic heterocycles. The van der Waals surface area contributed by atoms with Crippen LogP contribution in [0.4, 0.5) is 0 Å². The number of nitrogens with zero attached hydrogens (tertiary/aromatic N) is 4. The molecule has 4 rings (SSSR count). The smallest absolute Gasteiger partial charge is 0.0968 e. The van der Waals surface area contributed by atoms with E-state index in [1.165, 1.54) is 44.3 Å². The fourth-order valence-corrected chi connectivity index (χ4v) is 3.87. The molecular formula is C21H27N5. The van der Waals surface area contributed by atoms with E-state index in [2.05, 4.69) is 46.7 Å². The summed E-state index contributed by atoms with van der Waals surface area (Å²) >= 11 is 0. The zero-order valence-electron chi connectivity index (χ0n) is 15.3. The molecule has 0 amide bonds. The van der Waals surface area contributed by atoms with Crippen LogP contribution in [0.2, 0.25) is 0 Å². The Morgan fingerprint density at radius 3 is 2.58 bits per heavy atom. The van der Waals surface area contributed by atoms with Gasteiger partial charge in [-0.3, -0.25) is 4.68 Å². The Bertz CT molecular complexity index is 748. The van der Waals surface area contributed by atoms with Crippen LogP contribution in [0.3, 0.4) is 0 Å². The first-order chi connectivity index (χ1) is 12.8. The molecule has 0 unspecified atom stereocenters. The van der Waals surface area contributed by atoms with E-state index >= 15 is 0 Å². The van der Waals surface area contributed by atoms with E-state index in [0.717, 1.165) is 23.8 Å². The molecule has 1 saturated carbocycles. The minimum absolute atomic E-state index is 0.488. The van der Waals surface area contributed by atoms with Gasteiger partial charge in [-0.25, -0.2) is 0 Å². The number of rotatable bonds is 7. The summed E-state index contributed by atoms with van der Waals surface area (Å²) in [6.45, 7) is 3.95. The molecule has 1 aliphatic carbocycles. The van der Waals surface area contributed by atoms with Crippen LogP contribution >= 0.6 is 0 Å². The van der Waals surface area contributed by atoms with Crippen molar-refractivity contribution in [2.24, 2.45) is 0 Å². The zero-order chi connectivity index (χ0) is 17.8. The Kier molecular flexibility index (Phi) is 5.33. The van der Waals surface area contributed by atoms with Crippen molar-refractivity contribution in [3.8, 4) is 17.3 Å². The second kappa shape index (κ2) is 8.03. The highest BCUT2D eigenvalue weighted by Gasteiger charge is 2.31. The molecule has 0 spiro atoms. The number of nitrogens with one attached hydrogen (secondary N) is 1. The van der Waals surface area contributed by atoms with E-state index in [1.54, 1.807) is 0 Å². The number of hydrogen-bond acceptors (Lipinski definition) is 4. The lowest BCUT2D eigenvalue weighted by Gasteiger charge is -2.32. The van der Waals surface area contributed by atoms with Gasteiger partial charge in [0.2, 0.25) is 0 Å². The van der Waals surface area contributed by atoms with Crippen LogP contribution in [0.5, 0.6) is 0 Å². The summed E-state index contributed by atoms with van der Waals surface area (Å²) in [5.74, 6) is 0. The fraction of sp³-hybridized carbons (Fsp3) is 0.524. The Morgan fingerprint density at radius 1 is 1.12 bits per heavy atom. The van der Waals surface area contributed by atoms with Crippen molar-refractivity contribution in [2.45, 2.75) is 57.3 Å². The molecule has 5 nitrogen and oxygen atoms in total. The normalized spacial score (nSPS) is 18.7. The summed E-state index contributed by atoms with van der Waals surface area (Å²) in [4.78, 5) is 2.66. The molecule has 136 valence electrons. The van der Waals surface area contributed by atoms with Crippen molar-refractivity contribution in [1.29, 1.82) is 5.26 Å². The molecule has 1 saturated heterocycles. The molecule has 2 fully saturated rings. The van der Waals surface area contributed by atoms with Crippen molar-refractivity contribution in [3.05, 3.63) is 42.1 Å². The van der Waals surface area contributed by atoms with Gasteiger partial charge >= 0.3 is 0 Å². The number of benzene rings is 1. The van der Waals surface area contributed by atoms with E-state index in [9.17, 15) is 0 Å². The molecule has 0 atom stereocenters. The van der Waals surface area contributed by atoms with Gasteiger partial charge in [-0.15, -0.1) is 0 Å². The van der Waals surface area contributed by atoms with Gasteiger partial charge in [-0.1, -0.05) is 30.3 Å². The first-order valence-corrected chi connectivity index (χ1v) is 9.79. The predicted octanol–water partition coefficient (Wildman–Crippen LogP) is 3.18. The quantitative estimate of drug-likeness (QED) is 0.834. The first kappa shape index (κ1) is 17.3. The standard InChI is InChI=1S/C21H27N5/c22-11-4-12-26-16-18(21(24-26)17-5-2-1-3-6-17)15-23-19-9-13-25(14-10-19)20-7-8-20/h1-3,5-6,16,19-20,23H,4,7-10,12-15H2. The van der Waals surface area contributed by atoms with E-state index in [0.29, 0.717) is 19.0 Å². The molecule has 26 heavy (non-hydrogen) atoms. The molecule has 2 aliphatic rings. The molecule has 1 aromatic heterocycles. The Morgan fingerprint density at radius 2 is 1.88 bits per heavy atom. The van der Waals surface area contributed by atoms with Crippen molar-refractivity contribution in [2.75, 3.05) is 13.1 Å². The SMILES string of the molecule is N#CCCn1cc(CNC2CCN(C3CC3)CC2)c(-c2ccccc2)n1. The molecule has 1 N–H and O–H groups in total.